The maximum atomic E-state index is 12.6. The first-order valence-electron chi connectivity index (χ1n) is 6.21. The molecule has 0 aliphatic rings. The van der Waals surface area contributed by atoms with Crippen LogP contribution in [0.3, 0.4) is 0 Å². The monoisotopic (exact) mass is 280 g/mol. The second-order valence-corrected chi connectivity index (χ2v) is 4.50. The van der Waals surface area contributed by atoms with E-state index in [-0.39, 0.29) is 0 Å². The molecule has 0 saturated heterocycles. The average Bonchev–Trinajstić information content (AvgIpc) is 2.40. The molecule has 2 rings (SSSR count). The van der Waals surface area contributed by atoms with Gasteiger partial charge in [0.25, 0.3) is 0 Å². The van der Waals surface area contributed by atoms with Crippen molar-refractivity contribution in [3.05, 3.63) is 59.7 Å². The Hall–Kier alpha value is -2.17. The minimum atomic E-state index is -4.29. The number of anilines is 2. The third-order valence-corrected chi connectivity index (χ3v) is 2.91. The maximum absolute atomic E-state index is 12.6. The first-order valence-corrected chi connectivity index (χ1v) is 6.21. The van der Waals surface area contributed by atoms with E-state index < -0.39 is 11.7 Å². The van der Waals surface area contributed by atoms with Gasteiger partial charge in [-0.2, -0.15) is 13.2 Å². The van der Waals surface area contributed by atoms with Crippen molar-refractivity contribution in [2.75, 3.05) is 17.6 Å². The zero-order chi connectivity index (χ0) is 14.6. The number of nitrogen functional groups attached to an aromatic ring is 1. The van der Waals surface area contributed by atoms with Crippen molar-refractivity contribution >= 4 is 11.4 Å². The summed E-state index contributed by atoms with van der Waals surface area (Å²) in [7, 11) is 0. The summed E-state index contributed by atoms with van der Waals surface area (Å²) in [5.41, 5.74) is 7.19. The van der Waals surface area contributed by atoms with Crippen molar-refractivity contribution in [2.45, 2.75) is 12.6 Å². The molecule has 0 bridgehead atoms. The van der Waals surface area contributed by atoms with Gasteiger partial charge in [0.1, 0.15) is 0 Å². The topological polar surface area (TPSA) is 38.0 Å². The van der Waals surface area contributed by atoms with Crippen LogP contribution in [-0.4, -0.2) is 6.54 Å². The number of alkyl halides is 3. The highest BCUT2D eigenvalue weighted by Gasteiger charge is 2.30. The van der Waals surface area contributed by atoms with Crippen LogP contribution in [0.2, 0.25) is 0 Å². The third-order valence-electron chi connectivity index (χ3n) is 2.91. The van der Waals surface area contributed by atoms with Crippen LogP contribution in [0.25, 0.3) is 0 Å². The lowest BCUT2D eigenvalue weighted by atomic mass is 10.1. The third kappa shape index (κ3) is 3.91. The van der Waals surface area contributed by atoms with Gasteiger partial charge in [-0.05, 0) is 42.3 Å². The van der Waals surface area contributed by atoms with Crippen LogP contribution >= 0.6 is 0 Å². The van der Waals surface area contributed by atoms with Gasteiger partial charge in [0.15, 0.2) is 0 Å². The Bertz CT molecular complexity index is 562. The molecule has 0 aliphatic carbocycles. The first kappa shape index (κ1) is 14.2. The van der Waals surface area contributed by atoms with Gasteiger partial charge in [-0.15, -0.1) is 0 Å². The fraction of sp³-hybridized carbons (Fsp3) is 0.200. The van der Waals surface area contributed by atoms with E-state index in [1.165, 1.54) is 12.1 Å². The Morgan fingerprint density at radius 1 is 1.00 bits per heavy atom. The molecule has 3 N–H and O–H groups in total. The lowest BCUT2D eigenvalue weighted by Crippen LogP contribution is -2.08. The van der Waals surface area contributed by atoms with E-state index in [9.17, 15) is 13.2 Å². The summed E-state index contributed by atoms with van der Waals surface area (Å²) >= 11 is 0. The first-order chi connectivity index (χ1) is 9.45. The molecule has 0 unspecified atom stereocenters. The molecule has 0 aliphatic heterocycles. The van der Waals surface area contributed by atoms with Gasteiger partial charge in [0.05, 0.1) is 5.56 Å². The van der Waals surface area contributed by atoms with Gasteiger partial charge >= 0.3 is 6.18 Å². The number of nitrogens with one attached hydrogen (secondary N) is 1. The van der Waals surface area contributed by atoms with Gasteiger partial charge in [0, 0.05) is 17.9 Å². The fourth-order valence-electron chi connectivity index (χ4n) is 1.86. The summed E-state index contributed by atoms with van der Waals surface area (Å²) < 4.78 is 37.7. The molecular formula is C15H15F3N2. The molecule has 106 valence electrons. The molecule has 0 amide bonds. The van der Waals surface area contributed by atoms with E-state index in [4.69, 9.17) is 5.73 Å². The largest absolute Gasteiger partial charge is 0.416 e. The van der Waals surface area contributed by atoms with Crippen LogP contribution in [0.1, 0.15) is 11.1 Å². The zero-order valence-corrected chi connectivity index (χ0v) is 10.7. The van der Waals surface area contributed by atoms with E-state index in [1.807, 2.05) is 12.1 Å². The Kier molecular flexibility index (Phi) is 4.17. The summed E-state index contributed by atoms with van der Waals surface area (Å²) in [6.07, 6.45) is -3.77. The predicted octanol–water partition coefficient (Wildman–Crippen LogP) is 3.94. The lowest BCUT2D eigenvalue weighted by molar-refractivity contribution is -0.137. The van der Waals surface area contributed by atoms with Crippen LogP contribution < -0.4 is 11.1 Å². The second-order valence-electron chi connectivity index (χ2n) is 4.50. The molecule has 5 heteroatoms. The lowest BCUT2D eigenvalue weighted by Gasteiger charge is -2.10. The second kappa shape index (κ2) is 5.86. The van der Waals surface area contributed by atoms with Crippen molar-refractivity contribution in [2.24, 2.45) is 0 Å². The molecule has 20 heavy (non-hydrogen) atoms. The van der Waals surface area contributed by atoms with Crippen LogP contribution in [0.15, 0.2) is 48.5 Å². The van der Waals surface area contributed by atoms with Crippen molar-refractivity contribution in [1.82, 2.24) is 0 Å². The van der Waals surface area contributed by atoms with Gasteiger partial charge in [-0.3, -0.25) is 0 Å². The normalized spacial score (nSPS) is 11.3. The quantitative estimate of drug-likeness (QED) is 0.832. The molecule has 2 aromatic rings. The average molecular weight is 280 g/mol. The fourth-order valence-corrected chi connectivity index (χ4v) is 1.86. The molecule has 0 spiro atoms. The van der Waals surface area contributed by atoms with E-state index in [1.54, 1.807) is 18.2 Å². The van der Waals surface area contributed by atoms with E-state index in [2.05, 4.69) is 5.32 Å². The minimum absolute atomic E-state index is 0.522. The van der Waals surface area contributed by atoms with Gasteiger partial charge in [0.2, 0.25) is 0 Å². The number of hydrogen-bond acceptors (Lipinski definition) is 2. The van der Waals surface area contributed by atoms with Crippen LogP contribution in [0.4, 0.5) is 24.5 Å². The van der Waals surface area contributed by atoms with Crippen LogP contribution in [0.5, 0.6) is 0 Å². The van der Waals surface area contributed by atoms with E-state index >= 15 is 0 Å². The SMILES string of the molecule is Nc1ccc(NCCc2cccc(C(F)(F)F)c2)cc1. The molecule has 2 nitrogen and oxygen atoms in total. The summed E-state index contributed by atoms with van der Waals surface area (Å²) in [5, 5.41) is 3.14. The van der Waals surface area contributed by atoms with E-state index in [0.717, 1.165) is 11.8 Å². The number of benzene rings is 2. The highest BCUT2D eigenvalue weighted by atomic mass is 19.4. The van der Waals surface area contributed by atoms with Gasteiger partial charge < -0.3 is 11.1 Å². The van der Waals surface area contributed by atoms with Crippen LogP contribution in [0, 0.1) is 0 Å². The predicted molar refractivity (Wildman–Crippen MR) is 74.5 cm³/mol. The summed E-state index contributed by atoms with van der Waals surface area (Å²) in [4.78, 5) is 0. The molecule has 2 aromatic carbocycles. The number of nitrogens with two attached hydrogens (primary N) is 1. The molecule has 0 heterocycles. The molecule has 0 atom stereocenters. The maximum Gasteiger partial charge on any atom is 0.416 e. The van der Waals surface area contributed by atoms with Crippen LogP contribution in [-0.2, 0) is 12.6 Å². The number of halogens is 3. The van der Waals surface area contributed by atoms with Crippen molar-refractivity contribution in [1.29, 1.82) is 0 Å². The molecule has 0 aromatic heterocycles. The van der Waals surface area contributed by atoms with Gasteiger partial charge in [-0.1, -0.05) is 18.2 Å². The van der Waals surface area contributed by atoms with Gasteiger partial charge in [-0.25, -0.2) is 0 Å². The number of hydrogen-bond donors (Lipinski definition) is 2. The molecule has 0 fully saturated rings. The highest BCUT2D eigenvalue weighted by Crippen LogP contribution is 2.29. The highest BCUT2D eigenvalue weighted by molar-refractivity contribution is 5.51. The molecular weight excluding hydrogens is 265 g/mol. The zero-order valence-electron chi connectivity index (χ0n) is 10.7. The Balaban J connectivity index is 1.93. The minimum Gasteiger partial charge on any atom is -0.399 e. The molecule has 0 radical (unpaired) electrons. The van der Waals surface area contributed by atoms with E-state index in [0.29, 0.717) is 24.2 Å². The van der Waals surface area contributed by atoms with Crippen molar-refractivity contribution in [3.8, 4) is 0 Å². The Morgan fingerprint density at radius 2 is 1.70 bits per heavy atom. The Morgan fingerprint density at radius 3 is 2.35 bits per heavy atom. The summed E-state index contributed by atoms with van der Waals surface area (Å²) in [6, 6.07) is 12.6. The van der Waals surface area contributed by atoms with Crippen molar-refractivity contribution in [3.63, 3.8) is 0 Å². The molecule has 0 saturated carbocycles. The smallest absolute Gasteiger partial charge is 0.399 e. The van der Waals surface area contributed by atoms with Crippen molar-refractivity contribution < 1.29 is 13.2 Å². The number of rotatable bonds is 4. The Labute approximate surface area is 115 Å². The summed E-state index contributed by atoms with van der Waals surface area (Å²) in [5.74, 6) is 0. The summed E-state index contributed by atoms with van der Waals surface area (Å²) in [6.45, 7) is 0.561. The standard InChI is InChI=1S/C15H15F3N2/c16-15(17,18)12-3-1-2-11(10-12)8-9-20-14-6-4-13(19)5-7-14/h1-7,10,20H,8-9,19H2.